The normalized spacial score (nSPS) is 14.0. The van der Waals surface area contributed by atoms with Gasteiger partial charge in [0.1, 0.15) is 11.3 Å². The predicted octanol–water partition coefficient (Wildman–Crippen LogP) is 3.92. The Balaban J connectivity index is 2.59. The summed E-state index contributed by atoms with van der Waals surface area (Å²) in [5, 5.41) is -0.180. The Labute approximate surface area is 126 Å². The Bertz CT molecular complexity index is 595. The molecule has 0 fully saturated rings. The van der Waals surface area contributed by atoms with E-state index in [-0.39, 0.29) is 11.0 Å². The summed E-state index contributed by atoms with van der Waals surface area (Å²) in [5.74, 6) is 0.812. The summed E-state index contributed by atoms with van der Waals surface area (Å²) < 4.78 is 8.43. The van der Waals surface area contributed by atoms with E-state index in [2.05, 4.69) is 25.9 Å². The van der Waals surface area contributed by atoms with Crippen molar-refractivity contribution in [1.82, 2.24) is 14.5 Å². The Morgan fingerprint density at radius 1 is 1.53 bits per heavy atom. The zero-order valence-corrected chi connectivity index (χ0v) is 13.8. The lowest BCUT2D eigenvalue weighted by molar-refractivity contribution is 0.00831. The molecule has 2 aromatic heterocycles. The maximum absolute atomic E-state index is 6.23. The monoisotopic (exact) mass is 345 g/mol. The van der Waals surface area contributed by atoms with Gasteiger partial charge in [0.2, 0.25) is 0 Å². The number of fused-ring (bicyclic) bond motifs is 1. The molecule has 2 heterocycles. The van der Waals surface area contributed by atoms with E-state index in [1.165, 1.54) is 0 Å². The van der Waals surface area contributed by atoms with Crippen LogP contribution >= 0.6 is 27.5 Å². The van der Waals surface area contributed by atoms with E-state index in [0.29, 0.717) is 6.54 Å². The summed E-state index contributed by atoms with van der Waals surface area (Å²) in [6.45, 7) is 6.62. The summed E-state index contributed by atoms with van der Waals surface area (Å²) in [5.41, 5.74) is 1.36. The van der Waals surface area contributed by atoms with Crippen LogP contribution in [0.5, 0.6) is 0 Å². The molecule has 4 nitrogen and oxygen atoms in total. The van der Waals surface area contributed by atoms with Crippen molar-refractivity contribution in [3.8, 4) is 0 Å². The number of ether oxygens (including phenoxy) is 1. The molecule has 2 aromatic rings. The first-order chi connectivity index (χ1) is 8.84. The van der Waals surface area contributed by atoms with Gasteiger partial charge in [-0.3, -0.25) is 0 Å². The summed E-state index contributed by atoms with van der Waals surface area (Å²) in [4.78, 5) is 9.02. The summed E-state index contributed by atoms with van der Waals surface area (Å²) in [6, 6.07) is 1.95. The van der Waals surface area contributed by atoms with Crippen LogP contribution in [0.2, 0.25) is 0 Å². The van der Waals surface area contributed by atoms with Gasteiger partial charge >= 0.3 is 0 Å². The van der Waals surface area contributed by atoms with Crippen molar-refractivity contribution >= 4 is 38.7 Å². The van der Waals surface area contributed by atoms with Crippen molar-refractivity contribution in [3.05, 3.63) is 22.6 Å². The van der Waals surface area contributed by atoms with E-state index in [1.807, 2.05) is 31.4 Å². The highest BCUT2D eigenvalue weighted by Gasteiger charge is 2.23. The quantitative estimate of drug-likeness (QED) is 0.788. The standard InChI is InChI=1S/C13H17BrClN3O/c1-8(15)11-17-10-5-9(14)6-16-12(10)18(11)7-13(2,3)19-4/h5-6,8H,7H2,1-4H3. The zero-order valence-electron chi connectivity index (χ0n) is 11.4. The second kappa shape index (κ2) is 5.38. The van der Waals surface area contributed by atoms with Crippen molar-refractivity contribution in [1.29, 1.82) is 0 Å². The van der Waals surface area contributed by atoms with Gasteiger partial charge in [-0.15, -0.1) is 11.6 Å². The Kier molecular flexibility index (Phi) is 4.18. The van der Waals surface area contributed by atoms with Gasteiger partial charge in [-0.2, -0.15) is 0 Å². The first-order valence-corrected chi connectivity index (χ1v) is 7.28. The molecular weight excluding hydrogens is 330 g/mol. The topological polar surface area (TPSA) is 39.9 Å². The second-order valence-electron chi connectivity index (χ2n) is 5.13. The summed E-state index contributed by atoms with van der Waals surface area (Å²) in [7, 11) is 1.70. The number of nitrogens with zero attached hydrogens (tertiary/aromatic N) is 3. The highest BCUT2D eigenvalue weighted by molar-refractivity contribution is 9.10. The SMILES string of the molecule is COC(C)(C)Cn1c(C(C)Cl)nc2cc(Br)cnc21. The molecule has 2 rings (SSSR count). The molecule has 0 aliphatic rings. The minimum Gasteiger partial charge on any atom is -0.377 e. The Morgan fingerprint density at radius 2 is 2.21 bits per heavy atom. The lowest BCUT2D eigenvalue weighted by Gasteiger charge is -2.24. The Morgan fingerprint density at radius 3 is 2.79 bits per heavy atom. The van der Waals surface area contributed by atoms with Crippen molar-refractivity contribution in [2.45, 2.75) is 38.3 Å². The number of pyridine rings is 1. The highest BCUT2D eigenvalue weighted by Crippen LogP contribution is 2.27. The van der Waals surface area contributed by atoms with Crippen LogP contribution in [0, 0.1) is 0 Å². The molecule has 0 spiro atoms. The summed E-state index contributed by atoms with van der Waals surface area (Å²) >= 11 is 9.64. The zero-order chi connectivity index (χ0) is 14.2. The van der Waals surface area contributed by atoms with E-state index in [0.717, 1.165) is 21.5 Å². The molecule has 0 radical (unpaired) electrons. The summed E-state index contributed by atoms with van der Waals surface area (Å²) in [6.07, 6.45) is 1.77. The van der Waals surface area contributed by atoms with Crippen LogP contribution in [-0.4, -0.2) is 27.2 Å². The van der Waals surface area contributed by atoms with E-state index in [1.54, 1.807) is 13.3 Å². The van der Waals surface area contributed by atoms with Gasteiger partial charge in [0, 0.05) is 17.8 Å². The average Bonchev–Trinajstić information content (AvgIpc) is 2.67. The van der Waals surface area contributed by atoms with E-state index >= 15 is 0 Å². The van der Waals surface area contributed by atoms with Crippen LogP contribution in [0.15, 0.2) is 16.7 Å². The number of hydrogen-bond acceptors (Lipinski definition) is 3. The van der Waals surface area contributed by atoms with Crippen molar-refractivity contribution in [3.63, 3.8) is 0 Å². The number of rotatable bonds is 4. The highest BCUT2D eigenvalue weighted by atomic mass is 79.9. The minimum absolute atomic E-state index is 0.180. The van der Waals surface area contributed by atoms with Crippen LogP contribution in [0.1, 0.15) is 32.0 Å². The predicted molar refractivity (Wildman–Crippen MR) is 80.6 cm³/mol. The van der Waals surface area contributed by atoms with Gasteiger partial charge in [0.25, 0.3) is 0 Å². The van der Waals surface area contributed by atoms with E-state index < -0.39 is 0 Å². The fraction of sp³-hybridized carbons (Fsp3) is 0.538. The molecule has 1 atom stereocenters. The van der Waals surface area contributed by atoms with Gasteiger partial charge in [0.05, 0.1) is 17.5 Å². The van der Waals surface area contributed by atoms with Crippen LogP contribution in [-0.2, 0) is 11.3 Å². The minimum atomic E-state index is -0.303. The van der Waals surface area contributed by atoms with Gasteiger partial charge in [-0.25, -0.2) is 9.97 Å². The van der Waals surface area contributed by atoms with Crippen molar-refractivity contribution < 1.29 is 4.74 Å². The number of hydrogen-bond donors (Lipinski definition) is 0. The lowest BCUT2D eigenvalue weighted by Crippen LogP contribution is -2.30. The number of imidazole rings is 1. The van der Waals surface area contributed by atoms with E-state index in [9.17, 15) is 0 Å². The first kappa shape index (κ1) is 14.8. The van der Waals surface area contributed by atoms with Gasteiger partial charge in [-0.1, -0.05) is 0 Å². The van der Waals surface area contributed by atoms with E-state index in [4.69, 9.17) is 16.3 Å². The van der Waals surface area contributed by atoms with Crippen molar-refractivity contribution in [2.75, 3.05) is 7.11 Å². The van der Waals surface area contributed by atoms with Gasteiger partial charge in [-0.05, 0) is 42.8 Å². The molecule has 0 bridgehead atoms. The molecule has 0 amide bonds. The molecule has 0 saturated heterocycles. The van der Waals surface area contributed by atoms with Crippen LogP contribution in [0.25, 0.3) is 11.2 Å². The molecule has 19 heavy (non-hydrogen) atoms. The maximum Gasteiger partial charge on any atom is 0.160 e. The number of aromatic nitrogens is 3. The molecule has 0 aliphatic carbocycles. The van der Waals surface area contributed by atoms with Crippen LogP contribution in [0.3, 0.4) is 0 Å². The fourth-order valence-corrected chi connectivity index (χ4v) is 2.39. The average molecular weight is 347 g/mol. The van der Waals surface area contributed by atoms with Gasteiger partial charge in [0.15, 0.2) is 5.65 Å². The first-order valence-electron chi connectivity index (χ1n) is 6.05. The molecule has 0 aromatic carbocycles. The smallest absolute Gasteiger partial charge is 0.160 e. The lowest BCUT2D eigenvalue weighted by atomic mass is 10.1. The maximum atomic E-state index is 6.23. The molecule has 0 aliphatic heterocycles. The molecule has 1 unspecified atom stereocenters. The Hall–Kier alpha value is -0.650. The number of methoxy groups -OCH3 is 1. The second-order valence-corrected chi connectivity index (χ2v) is 6.70. The molecule has 0 N–H and O–H groups in total. The fourth-order valence-electron chi connectivity index (χ4n) is 1.91. The molecular formula is C13H17BrClN3O. The van der Waals surface area contributed by atoms with Crippen LogP contribution < -0.4 is 0 Å². The van der Waals surface area contributed by atoms with Gasteiger partial charge < -0.3 is 9.30 Å². The molecule has 6 heteroatoms. The third kappa shape index (κ3) is 3.09. The number of alkyl halides is 1. The third-order valence-electron chi connectivity index (χ3n) is 3.03. The third-order valence-corrected chi connectivity index (χ3v) is 3.66. The van der Waals surface area contributed by atoms with Crippen LogP contribution in [0.4, 0.5) is 0 Å². The van der Waals surface area contributed by atoms with Crippen molar-refractivity contribution in [2.24, 2.45) is 0 Å². The number of halogens is 2. The molecule has 0 saturated carbocycles. The largest absolute Gasteiger partial charge is 0.377 e. The molecule has 104 valence electrons.